The first-order valence-corrected chi connectivity index (χ1v) is 8.84. The van der Waals surface area contributed by atoms with E-state index in [1.807, 2.05) is 11.8 Å². The molecule has 18 heavy (non-hydrogen) atoms. The maximum absolute atomic E-state index is 12.0. The molecule has 1 fully saturated rings. The molecule has 1 amide bonds. The minimum absolute atomic E-state index is 0.124. The van der Waals surface area contributed by atoms with Crippen LogP contribution in [0.4, 0.5) is 0 Å². The number of nitrogens with two attached hydrogens (primary N) is 1. The molecule has 6 nitrogen and oxygen atoms in total. The summed E-state index contributed by atoms with van der Waals surface area (Å²) in [5.74, 6) is 6.38. The van der Waals surface area contributed by atoms with Gasteiger partial charge in [0.15, 0.2) is 9.84 Å². The van der Waals surface area contributed by atoms with Crippen LogP contribution in [0.25, 0.3) is 0 Å². The number of carbonyl (C=O) groups excluding carboxylic acids is 1. The van der Waals surface area contributed by atoms with Crippen molar-refractivity contribution in [3.05, 3.63) is 0 Å². The second kappa shape index (κ2) is 6.74. The predicted octanol–water partition coefficient (Wildman–Crippen LogP) is -0.435. The van der Waals surface area contributed by atoms with Gasteiger partial charge < -0.3 is 0 Å². The van der Waals surface area contributed by atoms with Crippen molar-refractivity contribution in [2.24, 2.45) is 5.84 Å². The molecular formula is C10H21N3O3S2. The van der Waals surface area contributed by atoms with Crippen molar-refractivity contribution in [1.82, 2.24) is 10.3 Å². The molecule has 0 radical (unpaired) electrons. The van der Waals surface area contributed by atoms with Gasteiger partial charge in [0, 0.05) is 36.3 Å². The molecule has 2 atom stereocenters. The smallest absolute Gasteiger partial charge is 0.235 e. The SMILES string of the molecule is CCS(=O)(=O)C1CSCCN1C(C)CC(=O)NN. The number of sulfone groups is 1. The normalized spacial score (nSPS) is 23.6. The molecule has 1 aliphatic rings. The standard InChI is InChI=1S/C10H21N3O3S2/c1-3-18(15,16)10-7-17-5-4-13(10)8(2)6-9(14)12-11/h8,10H,3-7,11H2,1-2H3,(H,12,14). The fraction of sp³-hybridized carbons (Fsp3) is 0.900. The Morgan fingerprint density at radius 2 is 2.28 bits per heavy atom. The fourth-order valence-corrected chi connectivity index (χ4v) is 5.17. The Morgan fingerprint density at radius 1 is 1.61 bits per heavy atom. The number of carbonyl (C=O) groups is 1. The molecule has 0 aliphatic carbocycles. The van der Waals surface area contributed by atoms with E-state index in [9.17, 15) is 13.2 Å². The third-order valence-corrected chi connectivity index (χ3v) is 6.45. The van der Waals surface area contributed by atoms with Crippen LogP contribution in [-0.2, 0) is 14.6 Å². The van der Waals surface area contributed by atoms with E-state index in [1.54, 1.807) is 18.7 Å². The average Bonchev–Trinajstić information content (AvgIpc) is 2.38. The zero-order valence-corrected chi connectivity index (χ0v) is 12.4. The number of nitrogens with one attached hydrogen (secondary N) is 1. The predicted molar refractivity (Wildman–Crippen MR) is 73.7 cm³/mol. The van der Waals surface area contributed by atoms with Crippen LogP contribution in [0.2, 0.25) is 0 Å². The van der Waals surface area contributed by atoms with Crippen molar-refractivity contribution >= 4 is 27.5 Å². The summed E-state index contributed by atoms with van der Waals surface area (Å²) in [5, 5.41) is -0.484. The third kappa shape index (κ3) is 3.84. The highest BCUT2D eigenvalue weighted by Gasteiger charge is 2.35. The van der Waals surface area contributed by atoms with Gasteiger partial charge in [0.2, 0.25) is 5.91 Å². The van der Waals surface area contributed by atoms with Crippen LogP contribution in [-0.4, -0.2) is 54.4 Å². The Kier molecular flexibility index (Phi) is 5.90. The van der Waals surface area contributed by atoms with Gasteiger partial charge in [-0.2, -0.15) is 11.8 Å². The molecule has 1 heterocycles. The van der Waals surface area contributed by atoms with Crippen LogP contribution in [0.3, 0.4) is 0 Å². The van der Waals surface area contributed by atoms with Gasteiger partial charge in [-0.15, -0.1) is 0 Å². The second-order valence-electron chi connectivity index (χ2n) is 4.34. The van der Waals surface area contributed by atoms with Gasteiger partial charge in [0.25, 0.3) is 0 Å². The lowest BCUT2D eigenvalue weighted by Gasteiger charge is -2.38. The highest BCUT2D eigenvalue weighted by molar-refractivity contribution is 8.01. The zero-order valence-electron chi connectivity index (χ0n) is 10.8. The van der Waals surface area contributed by atoms with Crippen molar-refractivity contribution in [2.75, 3.05) is 23.8 Å². The van der Waals surface area contributed by atoms with Crippen LogP contribution < -0.4 is 11.3 Å². The Labute approximate surface area is 113 Å². The molecule has 3 N–H and O–H groups in total. The minimum atomic E-state index is -3.12. The lowest BCUT2D eigenvalue weighted by Crippen LogP contribution is -2.52. The van der Waals surface area contributed by atoms with Gasteiger partial charge in [-0.25, -0.2) is 14.3 Å². The highest BCUT2D eigenvalue weighted by atomic mass is 32.2. The number of hydrazine groups is 1. The van der Waals surface area contributed by atoms with Crippen LogP contribution >= 0.6 is 11.8 Å². The average molecular weight is 295 g/mol. The Balaban J connectivity index is 2.79. The molecule has 1 saturated heterocycles. The number of thioether (sulfide) groups is 1. The molecule has 1 rings (SSSR count). The molecule has 0 saturated carbocycles. The number of nitrogens with zero attached hydrogens (tertiary/aromatic N) is 1. The van der Waals surface area contributed by atoms with Crippen molar-refractivity contribution < 1.29 is 13.2 Å². The molecule has 8 heteroatoms. The molecule has 0 bridgehead atoms. The number of hydrogen-bond acceptors (Lipinski definition) is 6. The first-order valence-electron chi connectivity index (χ1n) is 5.96. The van der Waals surface area contributed by atoms with Gasteiger partial charge in [-0.3, -0.25) is 15.1 Å². The third-order valence-electron chi connectivity index (χ3n) is 3.15. The van der Waals surface area contributed by atoms with Crippen molar-refractivity contribution in [2.45, 2.75) is 31.7 Å². The zero-order chi connectivity index (χ0) is 13.8. The molecule has 0 aromatic rings. The van der Waals surface area contributed by atoms with E-state index in [0.29, 0.717) is 12.3 Å². The van der Waals surface area contributed by atoms with E-state index in [1.165, 1.54) is 0 Å². The van der Waals surface area contributed by atoms with Crippen LogP contribution in [0, 0.1) is 0 Å². The van der Waals surface area contributed by atoms with Crippen LogP contribution in [0.15, 0.2) is 0 Å². The van der Waals surface area contributed by atoms with Gasteiger partial charge in [0.05, 0.1) is 0 Å². The first kappa shape index (κ1) is 15.7. The fourth-order valence-electron chi connectivity index (χ4n) is 2.04. The minimum Gasteiger partial charge on any atom is -0.294 e. The Morgan fingerprint density at radius 3 is 2.83 bits per heavy atom. The number of amides is 1. The van der Waals surface area contributed by atoms with E-state index in [2.05, 4.69) is 5.43 Å². The summed E-state index contributed by atoms with van der Waals surface area (Å²) in [6.07, 6.45) is 0.219. The maximum Gasteiger partial charge on any atom is 0.235 e. The van der Waals surface area contributed by atoms with Gasteiger partial charge in [-0.05, 0) is 6.92 Å². The molecule has 106 valence electrons. The van der Waals surface area contributed by atoms with Gasteiger partial charge in [0.1, 0.15) is 5.37 Å². The van der Waals surface area contributed by atoms with Crippen LogP contribution in [0.1, 0.15) is 20.3 Å². The van der Waals surface area contributed by atoms with Crippen LogP contribution in [0.5, 0.6) is 0 Å². The summed E-state index contributed by atoms with van der Waals surface area (Å²) < 4.78 is 24.1. The van der Waals surface area contributed by atoms with Crippen molar-refractivity contribution in [3.63, 3.8) is 0 Å². The maximum atomic E-state index is 12.0. The molecule has 0 aromatic carbocycles. The summed E-state index contributed by atoms with van der Waals surface area (Å²) in [5.41, 5.74) is 2.08. The molecule has 0 aromatic heterocycles. The monoisotopic (exact) mass is 295 g/mol. The quantitative estimate of drug-likeness (QED) is 0.406. The van der Waals surface area contributed by atoms with E-state index in [-0.39, 0.29) is 24.1 Å². The van der Waals surface area contributed by atoms with E-state index >= 15 is 0 Å². The van der Waals surface area contributed by atoms with Crippen molar-refractivity contribution in [1.29, 1.82) is 0 Å². The Hall–Kier alpha value is -0.310. The second-order valence-corrected chi connectivity index (χ2v) is 7.94. The summed E-state index contributed by atoms with van der Waals surface area (Å²) in [4.78, 5) is 13.2. The molecular weight excluding hydrogens is 274 g/mol. The lowest BCUT2D eigenvalue weighted by atomic mass is 10.2. The lowest BCUT2D eigenvalue weighted by molar-refractivity contribution is -0.122. The molecule has 1 aliphatic heterocycles. The largest absolute Gasteiger partial charge is 0.294 e. The molecule has 0 spiro atoms. The van der Waals surface area contributed by atoms with E-state index < -0.39 is 15.2 Å². The Bertz CT molecular complexity index is 386. The van der Waals surface area contributed by atoms with E-state index in [4.69, 9.17) is 5.84 Å². The highest BCUT2D eigenvalue weighted by Crippen LogP contribution is 2.24. The number of rotatable bonds is 5. The van der Waals surface area contributed by atoms with Crippen molar-refractivity contribution in [3.8, 4) is 0 Å². The van der Waals surface area contributed by atoms with Gasteiger partial charge >= 0.3 is 0 Å². The van der Waals surface area contributed by atoms with Gasteiger partial charge in [-0.1, -0.05) is 6.92 Å². The molecule has 2 unspecified atom stereocenters. The topological polar surface area (TPSA) is 92.5 Å². The van der Waals surface area contributed by atoms with E-state index in [0.717, 1.165) is 5.75 Å². The summed E-state index contributed by atoms with van der Waals surface area (Å²) in [6, 6.07) is -0.124. The first-order chi connectivity index (χ1) is 8.42. The number of hydrogen-bond donors (Lipinski definition) is 2. The summed E-state index contributed by atoms with van der Waals surface area (Å²) >= 11 is 1.64. The summed E-state index contributed by atoms with van der Waals surface area (Å²) in [6.45, 7) is 4.21. The summed E-state index contributed by atoms with van der Waals surface area (Å²) in [7, 11) is -3.12.